The second-order valence-electron chi connectivity index (χ2n) is 4.01. The number of carbonyl (C=O) groups is 2. The van der Waals surface area contributed by atoms with E-state index in [0.29, 0.717) is 14.8 Å². The molecule has 0 unspecified atom stereocenters. The van der Waals surface area contributed by atoms with E-state index in [1.54, 1.807) is 6.07 Å². The number of hydrogen-bond donors (Lipinski definition) is 0. The van der Waals surface area contributed by atoms with Crippen molar-refractivity contribution in [2.24, 2.45) is 0 Å². The van der Waals surface area contributed by atoms with Gasteiger partial charge < -0.3 is 9.90 Å². The molecule has 1 heterocycles. The van der Waals surface area contributed by atoms with Gasteiger partial charge in [-0.3, -0.25) is 9.69 Å². The molecule has 0 N–H and O–H groups in total. The van der Waals surface area contributed by atoms with Gasteiger partial charge in [0.05, 0.1) is 4.91 Å². The Balaban J connectivity index is 2.17. The van der Waals surface area contributed by atoms with Crippen LogP contribution in [0, 0.1) is 5.82 Å². The van der Waals surface area contributed by atoms with Gasteiger partial charge in [0.15, 0.2) is 0 Å². The second-order valence-corrected chi connectivity index (χ2v) is 5.69. The first-order chi connectivity index (χ1) is 9.47. The molecule has 1 aliphatic heterocycles. The van der Waals surface area contributed by atoms with Crippen molar-refractivity contribution in [3.8, 4) is 0 Å². The van der Waals surface area contributed by atoms with Crippen LogP contribution in [0.5, 0.6) is 0 Å². The van der Waals surface area contributed by atoms with E-state index in [9.17, 15) is 19.1 Å². The molecule has 0 atom stereocenters. The molecule has 0 bridgehead atoms. The van der Waals surface area contributed by atoms with Crippen molar-refractivity contribution in [2.45, 2.75) is 6.42 Å². The number of carbonyl (C=O) groups excluding carboxylic acids is 2. The SMILES string of the molecule is O=C([O-])CCN1C(=O)/C(=C\c2cccc(F)c2)SC1=S. The van der Waals surface area contributed by atoms with Gasteiger partial charge in [-0.05, 0) is 23.8 Å². The van der Waals surface area contributed by atoms with Crippen LogP contribution < -0.4 is 5.11 Å². The number of nitrogens with zero attached hydrogens (tertiary/aromatic N) is 1. The largest absolute Gasteiger partial charge is 0.550 e. The van der Waals surface area contributed by atoms with E-state index >= 15 is 0 Å². The summed E-state index contributed by atoms with van der Waals surface area (Å²) >= 11 is 6.10. The monoisotopic (exact) mass is 310 g/mol. The van der Waals surface area contributed by atoms with Gasteiger partial charge in [0, 0.05) is 18.9 Å². The van der Waals surface area contributed by atoms with E-state index in [1.807, 2.05) is 0 Å². The molecule has 1 fully saturated rings. The molecule has 0 aliphatic carbocycles. The van der Waals surface area contributed by atoms with Crippen molar-refractivity contribution < 1.29 is 19.1 Å². The average Bonchev–Trinajstić information content (AvgIpc) is 2.62. The second kappa shape index (κ2) is 6.15. The Morgan fingerprint density at radius 1 is 1.50 bits per heavy atom. The summed E-state index contributed by atoms with van der Waals surface area (Å²) < 4.78 is 13.4. The fourth-order valence-electron chi connectivity index (χ4n) is 1.64. The third-order valence-electron chi connectivity index (χ3n) is 2.56. The van der Waals surface area contributed by atoms with Crippen molar-refractivity contribution in [1.29, 1.82) is 0 Å². The molecule has 0 saturated carbocycles. The fourth-order valence-corrected chi connectivity index (χ4v) is 2.95. The molecular formula is C13H9FNO3S2-. The first-order valence-corrected chi connectivity index (χ1v) is 6.90. The van der Waals surface area contributed by atoms with Crippen LogP contribution in [-0.4, -0.2) is 27.6 Å². The Bertz CT molecular complexity index is 615. The highest BCUT2D eigenvalue weighted by Gasteiger charge is 2.31. The maximum Gasteiger partial charge on any atom is 0.266 e. The first-order valence-electron chi connectivity index (χ1n) is 5.68. The maximum atomic E-state index is 13.1. The highest BCUT2D eigenvalue weighted by molar-refractivity contribution is 8.26. The van der Waals surface area contributed by atoms with Crippen LogP contribution in [0.25, 0.3) is 6.08 Å². The zero-order valence-electron chi connectivity index (χ0n) is 10.2. The predicted octanol–water partition coefficient (Wildman–Crippen LogP) is 1.17. The molecule has 2 rings (SSSR count). The lowest BCUT2D eigenvalue weighted by Gasteiger charge is -2.14. The smallest absolute Gasteiger partial charge is 0.266 e. The zero-order chi connectivity index (χ0) is 14.7. The number of amides is 1. The lowest BCUT2D eigenvalue weighted by molar-refractivity contribution is -0.305. The van der Waals surface area contributed by atoms with Gasteiger partial charge in [-0.2, -0.15) is 0 Å². The van der Waals surface area contributed by atoms with Crippen molar-refractivity contribution in [3.63, 3.8) is 0 Å². The van der Waals surface area contributed by atoms with Gasteiger partial charge >= 0.3 is 0 Å². The van der Waals surface area contributed by atoms with Gasteiger partial charge in [-0.25, -0.2) is 4.39 Å². The normalized spacial score (nSPS) is 17.1. The molecule has 0 aromatic heterocycles. The highest BCUT2D eigenvalue weighted by Crippen LogP contribution is 2.32. The summed E-state index contributed by atoms with van der Waals surface area (Å²) in [6.07, 6.45) is 1.25. The molecule has 4 nitrogen and oxygen atoms in total. The lowest BCUT2D eigenvalue weighted by Crippen LogP contribution is -2.33. The quantitative estimate of drug-likeness (QED) is 0.617. The van der Waals surface area contributed by atoms with Crippen LogP contribution in [0.1, 0.15) is 12.0 Å². The van der Waals surface area contributed by atoms with Crippen LogP contribution in [-0.2, 0) is 9.59 Å². The number of benzene rings is 1. The maximum absolute atomic E-state index is 13.1. The van der Waals surface area contributed by atoms with Gasteiger partial charge in [0.25, 0.3) is 5.91 Å². The third kappa shape index (κ3) is 3.43. The Labute approximate surface area is 124 Å². The molecule has 1 aromatic rings. The summed E-state index contributed by atoms with van der Waals surface area (Å²) in [5, 5.41) is 10.4. The standard InChI is InChI=1S/C13H10FNO3S2/c14-9-3-1-2-8(6-9)7-10-12(18)15(13(19)20-10)5-4-11(16)17/h1-3,6-7H,4-5H2,(H,16,17)/p-1/b10-7+. The lowest BCUT2D eigenvalue weighted by atomic mass is 10.2. The number of hydrogen-bond acceptors (Lipinski definition) is 5. The number of rotatable bonds is 4. The van der Waals surface area contributed by atoms with E-state index < -0.39 is 11.8 Å². The summed E-state index contributed by atoms with van der Waals surface area (Å²) in [6.45, 7) is -0.0203. The Morgan fingerprint density at radius 3 is 2.90 bits per heavy atom. The van der Waals surface area contributed by atoms with Crippen molar-refractivity contribution in [3.05, 3.63) is 40.6 Å². The van der Waals surface area contributed by atoms with Gasteiger partial charge in [-0.15, -0.1) is 0 Å². The minimum Gasteiger partial charge on any atom is -0.550 e. The minimum absolute atomic E-state index is 0.0203. The van der Waals surface area contributed by atoms with Crippen LogP contribution in [0.4, 0.5) is 4.39 Å². The first kappa shape index (κ1) is 14.7. The summed E-state index contributed by atoms with van der Waals surface area (Å²) in [4.78, 5) is 24.0. The molecule has 1 aromatic carbocycles. The average molecular weight is 310 g/mol. The Kier molecular flexibility index (Phi) is 4.51. The van der Waals surface area contributed by atoms with Crippen molar-refractivity contribution >= 4 is 46.3 Å². The van der Waals surface area contributed by atoms with E-state index in [4.69, 9.17) is 12.2 Å². The van der Waals surface area contributed by atoms with E-state index in [1.165, 1.54) is 29.2 Å². The molecule has 1 saturated heterocycles. The Morgan fingerprint density at radius 2 is 2.25 bits per heavy atom. The molecule has 20 heavy (non-hydrogen) atoms. The molecule has 7 heteroatoms. The highest BCUT2D eigenvalue weighted by atomic mass is 32.2. The third-order valence-corrected chi connectivity index (χ3v) is 3.94. The number of thioether (sulfide) groups is 1. The topological polar surface area (TPSA) is 60.4 Å². The molecule has 1 amide bonds. The number of carboxylic acids is 1. The summed E-state index contributed by atoms with van der Waals surface area (Å²) in [7, 11) is 0. The van der Waals surface area contributed by atoms with Crippen LogP contribution >= 0.6 is 24.0 Å². The molecule has 1 aliphatic rings. The summed E-state index contributed by atoms with van der Waals surface area (Å²) in [5.74, 6) is -2.01. The molecular weight excluding hydrogens is 301 g/mol. The van der Waals surface area contributed by atoms with Crippen molar-refractivity contribution in [1.82, 2.24) is 4.90 Å². The minimum atomic E-state index is -1.24. The number of aliphatic carboxylic acids is 1. The van der Waals surface area contributed by atoms with Gasteiger partial charge in [-0.1, -0.05) is 36.1 Å². The van der Waals surface area contributed by atoms with Crippen LogP contribution in [0.15, 0.2) is 29.2 Å². The van der Waals surface area contributed by atoms with E-state index in [-0.39, 0.29) is 18.9 Å². The van der Waals surface area contributed by atoms with Crippen LogP contribution in [0.3, 0.4) is 0 Å². The predicted molar refractivity (Wildman–Crippen MR) is 75.9 cm³/mol. The Hall–Kier alpha value is -1.73. The van der Waals surface area contributed by atoms with Crippen molar-refractivity contribution in [2.75, 3.05) is 6.54 Å². The molecule has 0 spiro atoms. The summed E-state index contributed by atoms with van der Waals surface area (Å²) in [6, 6.07) is 5.81. The number of halogens is 1. The summed E-state index contributed by atoms with van der Waals surface area (Å²) in [5.41, 5.74) is 0.547. The van der Waals surface area contributed by atoms with Gasteiger partial charge in [0.2, 0.25) is 0 Å². The van der Waals surface area contributed by atoms with Crippen LogP contribution in [0.2, 0.25) is 0 Å². The molecule has 0 radical (unpaired) electrons. The van der Waals surface area contributed by atoms with E-state index in [2.05, 4.69) is 0 Å². The zero-order valence-corrected chi connectivity index (χ0v) is 11.8. The number of carboxylic acid groups (broad SMARTS) is 1. The van der Waals surface area contributed by atoms with E-state index in [0.717, 1.165) is 11.8 Å². The fraction of sp³-hybridized carbons (Fsp3) is 0.154. The van der Waals surface area contributed by atoms with Gasteiger partial charge in [0.1, 0.15) is 10.1 Å². The molecule has 104 valence electrons. The number of thiocarbonyl (C=S) groups is 1.